The van der Waals surface area contributed by atoms with Crippen molar-refractivity contribution in [1.29, 1.82) is 0 Å². The maximum Gasteiger partial charge on any atom is 0.257 e. The summed E-state index contributed by atoms with van der Waals surface area (Å²) in [5.41, 5.74) is 1.49. The first-order valence-electron chi connectivity index (χ1n) is 6.64. The molecule has 0 bridgehead atoms. The van der Waals surface area contributed by atoms with Crippen molar-refractivity contribution in [2.75, 3.05) is 0 Å². The average Bonchev–Trinajstić information content (AvgIpc) is 3.20. The maximum atomic E-state index is 12.7. The summed E-state index contributed by atoms with van der Waals surface area (Å²) in [6, 6.07) is 7.77. The number of hydrogen-bond acceptors (Lipinski definition) is 3. The summed E-state index contributed by atoms with van der Waals surface area (Å²) in [6.45, 7) is 2.02. The van der Waals surface area contributed by atoms with Crippen LogP contribution in [0.5, 0.6) is 0 Å². The molecule has 0 aliphatic heterocycles. The van der Waals surface area contributed by atoms with Gasteiger partial charge in [0.15, 0.2) is 4.67 Å². The van der Waals surface area contributed by atoms with E-state index >= 15 is 0 Å². The Morgan fingerprint density at radius 1 is 1.50 bits per heavy atom. The quantitative estimate of drug-likeness (QED) is 0.854. The molecular formula is C15H15BrN2O2. The zero-order valence-corrected chi connectivity index (χ0v) is 12.7. The van der Waals surface area contributed by atoms with Crippen molar-refractivity contribution in [2.45, 2.75) is 31.8 Å². The molecule has 0 N–H and O–H groups in total. The van der Waals surface area contributed by atoms with Crippen LogP contribution in [0.4, 0.5) is 0 Å². The topological polar surface area (TPSA) is 46.3 Å². The third-order valence-corrected chi connectivity index (χ3v) is 3.94. The molecule has 0 unspecified atom stereocenters. The average molecular weight is 335 g/mol. The summed E-state index contributed by atoms with van der Waals surface area (Å²) in [6.07, 6.45) is 5.37. The Morgan fingerprint density at radius 2 is 2.30 bits per heavy atom. The number of pyridine rings is 1. The van der Waals surface area contributed by atoms with Gasteiger partial charge in [-0.15, -0.1) is 0 Å². The summed E-state index contributed by atoms with van der Waals surface area (Å²) < 4.78 is 5.75. The molecule has 1 aliphatic rings. The van der Waals surface area contributed by atoms with Gasteiger partial charge in [0.2, 0.25) is 0 Å². The van der Waals surface area contributed by atoms with Crippen LogP contribution < -0.4 is 0 Å². The Hall–Kier alpha value is -1.62. The van der Waals surface area contributed by atoms with Crippen molar-refractivity contribution in [3.63, 3.8) is 0 Å². The molecule has 0 aromatic carbocycles. The Morgan fingerprint density at radius 3 is 2.85 bits per heavy atom. The highest BCUT2D eigenvalue weighted by Crippen LogP contribution is 2.35. The number of rotatable bonds is 4. The van der Waals surface area contributed by atoms with Crippen LogP contribution in [0.25, 0.3) is 0 Å². The van der Waals surface area contributed by atoms with E-state index in [1.165, 1.54) is 6.26 Å². The standard InChI is InChI=1S/C15H15BrN2O2/c1-10(13-4-2-3-7-17-13)18(12-5-6-12)15(19)11-8-14(16)20-9-11/h2-4,7-10,12H,5-6H2,1H3/t10-/m0/s1. The molecule has 2 aromatic heterocycles. The Kier molecular flexibility index (Phi) is 3.61. The fourth-order valence-corrected chi connectivity index (χ4v) is 2.69. The molecule has 2 aromatic rings. The fraction of sp³-hybridized carbons (Fsp3) is 0.333. The molecule has 1 atom stereocenters. The van der Waals surface area contributed by atoms with Crippen LogP contribution >= 0.6 is 15.9 Å². The number of hydrogen-bond donors (Lipinski definition) is 0. The molecule has 2 heterocycles. The molecule has 4 nitrogen and oxygen atoms in total. The van der Waals surface area contributed by atoms with Gasteiger partial charge in [0, 0.05) is 18.3 Å². The largest absolute Gasteiger partial charge is 0.457 e. The predicted octanol–water partition coefficient (Wildman–Crippen LogP) is 3.80. The van der Waals surface area contributed by atoms with E-state index < -0.39 is 0 Å². The molecule has 104 valence electrons. The van der Waals surface area contributed by atoms with E-state index in [-0.39, 0.29) is 11.9 Å². The van der Waals surface area contributed by atoms with Crippen molar-refractivity contribution in [3.8, 4) is 0 Å². The van der Waals surface area contributed by atoms with E-state index in [9.17, 15) is 4.79 Å². The van der Waals surface area contributed by atoms with Crippen LogP contribution in [-0.2, 0) is 0 Å². The Labute approximate surface area is 125 Å². The molecule has 0 radical (unpaired) electrons. The lowest BCUT2D eigenvalue weighted by atomic mass is 10.1. The fourth-order valence-electron chi connectivity index (χ4n) is 2.35. The van der Waals surface area contributed by atoms with Gasteiger partial charge in [-0.2, -0.15) is 0 Å². The van der Waals surface area contributed by atoms with Gasteiger partial charge in [-0.3, -0.25) is 9.78 Å². The highest BCUT2D eigenvalue weighted by atomic mass is 79.9. The maximum absolute atomic E-state index is 12.7. The summed E-state index contributed by atoms with van der Waals surface area (Å²) in [5, 5.41) is 0. The van der Waals surface area contributed by atoms with Gasteiger partial charge >= 0.3 is 0 Å². The number of aromatic nitrogens is 1. The second-order valence-electron chi connectivity index (χ2n) is 5.01. The van der Waals surface area contributed by atoms with Crippen molar-refractivity contribution in [2.24, 2.45) is 0 Å². The number of furan rings is 1. The van der Waals surface area contributed by atoms with Crippen LogP contribution in [0.3, 0.4) is 0 Å². The summed E-state index contributed by atoms with van der Waals surface area (Å²) in [5.74, 6) is 0.0000954. The zero-order chi connectivity index (χ0) is 14.1. The van der Waals surface area contributed by atoms with E-state index in [2.05, 4.69) is 20.9 Å². The van der Waals surface area contributed by atoms with Gasteiger partial charge in [-0.1, -0.05) is 6.07 Å². The van der Waals surface area contributed by atoms with Gasteiger partial charge in [-0.25, -0.2) is 0 Å². The SMILES string of the molecule is C[C@@H](c1ccccn1)N(C(=O)c1coc(Br)c1)C1CC1. The minimum absolute atomic E-state index is 0.0000954. The highest BCUT2D eigenvalue weighted by Gasteiger charge is 2.37. The van der Waals surface area contributed by atoms with E-state index in [0.29, 0.717) is 16.3 Å². The molecule has 0 spiro atoms. The number of carbonyl (C=O) groups is 1. The van der Waals surface area contributed by atoms with Crippen LogP contribution in [0.1, 0.15) is 41.9 Å². The van der Waals surface area contributed by atoms with Crippen LogP contribution in [0.2, 0.25) is 0 Å². The minimum atomic E-state index is -0.0372. The van der Waals surface area contributed by atoms with Gasteiger partial charge in [-0.05, 0) is 47.8 Å². The summed E-state index contributed by atoms with van der Waals surface area (Å²) in [7, 11) is 0. The third kappa shape index (κ3) is 2.63. The van der Waals surface area contributed by atoms with E-state index in [0.717, 1.165) is 18.5 Å². The van der Waals surface area contributed by atoms with E-state index in [1.54, 1.807) is 12.3 Å². The summed E-state index contributed by atoms with van der Waals surface area (Å²) in [4.78, 5) is 19.0. The molecule has 1 fully saturated rings. The third-order valence-electron chi connectivity index (χ3n) is 3.52. The second-order valence-corrected chi connectivity index (χ2v) is 5.80. The molecule has 3 rings (SSSR count). The lowest BCUT2D eigenvalue weighted by Crippen LogP contribution is -2.35. The minimum Gasteiger partial charge on any atom is -0.457 e. The molecular weight excluding hydrogens is 320 g/mol. The smallest absolute Gasteiger partial charge is 0.257 e. The Bertz CT molecular complexity index is 607. The lowest BCUT2D eigenvalue weighted by Gasteiger charge is -2.28. The molecule has 1 amide bonds. The van der Waals surface area contributed by atoms with Crippen molar-refractivity contribution < 1.29 is 9.21 Å². The van der Waals surface area contributed by atoms with Crippen molar-refractivity contribution in [3.05, 3.63) is 52.7 Å². The second kappa shape index (κ2) is 5.40. The van der Waals surface area contributed by atoms with Crippen LogP contribution in [0, 0.1) is 0 Å². The molecule has 20 heavy (non-hydrogen) atoms. The number of carbonyl (C=O) groups excluding carboxylic acids is 1. The zero-order valence-electron chi connectivity index (χ0n) is 11.1. The number of amides is 1. The van der Waals surface area contributed by atoms with Crippen LogP contribution in [-0.4, -0.2) is 21.8 Å². The molecule has 1 aliphatic carbocycles. The van der Waals surface area contributed by atoms with Crippen molar-refractivity contribution >= 4 is 21.8 Å². The lowest BCUT2D eigenvalue weighted by molar-refractivity contribution is 0.0669. The van der Waals surface area contributed by atoms with E-state index in [4.69, 9.17) is 4.42 Å². The monoisotopic (exact) mass is 334 g/mol. The van der Waals surface area contributed by atoms with Crippen LogP contribution in [0.15, 0.2) is 45.8 Å². The van der Waals surface area contributed by atoms with Gasteiger partial charge in [0.25, 0.3) is 5.91 Å². The number of nitrogens with zero attached hydrogens (tertiary/aromatic N) is 2. The highest BCUT2D eigenvalue weighted by molar-refractivity contribution is 9.10. The summed E-state index contributed by atoms with van der Waals surface area (Å²) >= 11 is 3.23. The van der Waals surface area contributed by atoms with Gasteiger partial charge in [0.05, 0.1) is 17.3 Å². The predicted molar refractivity (Wildman–Crippen MR) is 78.3 cm³/mol. The Balaban J connectivity index is 1.88. The molecule has 0 saturated heterocycles. The van der Waals surface area contributed by atoms with Gasteiger partial charge < -0.3 is 9.32 Å². The molecule has 1 saturated carbocycles. The first-order valence-corrected chi connectivity index (χ1v) is 7.43. The number of halogens is 1. The van der Waals surface area contributed by atoms with E-state index in [1.807, 2.05) is 30.0 Å². The van der Waals surface area contributed by atoms with Gasteiger partial charge in [0.1, 0.15) is 6.26 Å². The van der Waals surface area contributed by atoms with Crippen molar-refractivity contribution in [1.82, 2.24) is 9.88 Å². The molecule has 5 heteroatoms. The first-order chi connectivity index (χ1) is 9.66. The first kappa shape index (κ1) is 13.4. The normalized spacial score (nSPS) is 15.9.